The summed E-state index contributed by atoms with van der Waals surface area (Å²) in [6, 6.07) is 8.40. The third-order valence-electron chi connectivity index (χ3n) is 3.54. The summed E-state index contributed by atoms with van der Waals surface area (Å²) in [4.78, 5) is 10.7. The van der Waals surface area contributed by atoms with E-state index in [0.29, 0.717) is 24.1 Å². The summed E-state index contributed by atoms with van der Waals surface area (Å²) in [5, 5.41) is 17.5. The van der Waals surface area contributed by atoms with Crippen molar-refractivity contribution in [2.75, 3.05) is 13.1 Å². The SMILES string of the molecule is N#Cc1ccc(CS(=O)(=O)N2CCC(CC(=O)O)C2)cc1. The summed E-state index contributed by atoms with van der Waals surface area (Å²) in [6.07, 6.45) is 0.585. The van der Waals surface area contributed by atoms with Crippen molar-refractivity contribution in [3.05, 3.63) is 35.4 Å². The number of nitrogens with zero attached hydrogens (tertiary/aromatic N) is 2. The summed E-state index contributed by atoms with van der Waals surface area (Å²) in [5.74, 6) is -1.14. The molecular weight excluding hydrogens is 292 g/mol. The predicted molar refractivity (Wildman–Crippen MR) is 75.7 cm³/mol. The van der Waals surface area contributed by atoms with Crippen LogP contribution in [0.25, 0.3) is 0 Å². The molecule has 0 spiro atoms. The van der Waals surface area contributed by atoms with E-state index in [0.717, 1.165) is 0 Å². The van der Waals surface area contributed by atoms with Crippen molar-refractivity contribution in [3.8, 4) is 6.07 Å². The van der Waals surface area contributed by atoms with Gasteiger partial charge in [-0.1, -0.05) is 12.1 Å². The average molecular weight is 308 g/mol. The minimum atomic E-state index is -3.44. The number of hydrogen-bond acceptors (Lipinski definition) is 4. The second-order valence-electron chi connectivity index (χ2n) is 5.18. The molecule has 1 aromatic carbocycles. The number of carboxylic acids is 1. The summed E-state index contributed by atoms with van der Waals surface area (Å²) in [7, 11) is -3.44. The van der Waals surface area contributed by atoms with E-state index < -0.39 is 16.0 Å². The summed E-state index contributed by atoms with van der Waals surface area (Å²) in [6.45, 7) is 0.640. The second-order valence-corrected chi connectivity index (χ2v) is 7.14. The van der Waals surface area contributed by atoms with Crippen LogP contribution in [0.4, 0.5) is 0 Å². The van der Waals surface area contributed by atoms with E-state index in [1.807, 2.05) is 6.07 Å². The molecule has 1 fully saturated rings. The summed E-state index contributed by atoms with van der Waals surface area (Å²) >= 11 is 0. The lowest BCUT2D eigenvalue weighted by Gasteiger charge is -2.16. The highest BCUT2D eigenvalue weighted by molar-refractivity contribution is 7.88. The first-order valence-electron chi connectivity index (χ1n) is 6.59. The van der Waals surface area contributed by atoms with Crippen molar-refractivity contribution in [1.82, 2.24) is 4.31 Å². The molecule has 0 aromatic heterocycles. The second kappa shape index (κ2) is 6.24. The van der Waals surface area contributed by atoms with Crippen LogP contribution in [0.1, 0.15) is 24.0 Å². The molecule has 1 aliphatic heterocycles. The maximum atomic E-state index is 12.3. The molecule has 1 saturated heterocycles. The first-order valence-corrected chi connectivity index (χ1v) is 8.20. The number of nitriles is 1. The highest BCUT2D eigenvalue weighted by atomic mass is 32.2. The Kier molecular flexibility index (Phi) is 4.60. The minimum absolute atomic E-state index is 0.00286. The van der Waals surface area contributed by atoms with Crippen molar-refractivity contribution in [3.63, 3.8) is 0 Å². The number of carboxylic acid groups (broad SMARTS) is 1. The Hall–Kier alpha value is -1.91. The quantitative estimate of drug-likeness (QED) is 0.880. The zero-order valence-corrected chi connectivity index (χ0v) is 12.2. The number of carbonyl (C=O) groups is 1. The van der Waals surface area contributed by atoms with E-state index in [9.17, 15) is 13.2 Å². The summed E-state index contributed by atoms with van der Waals surface area (Å²) < 4.78 is 26.0. The van der Waals surface area contributed by atoms with Gasteiger partial charge in [0.05, 0.1) is 17.4 Å². The Morgan fingerprint density at radius 1 is 1.38 bits per heavy atom. The van der Waals surface area contributed by atoms with Crippen LogP contribution < -0.4 is 0 Å². The largest absolute Gasteiger partial charge is 0.481 e. The van der Waals surface area contributed by atoms with Gasteiger partial charge in [-0.05, 0) is 30.0 Å². The molecule has 0 bridgehead atoms. The van der Waals surface area contributed by atoms with Gasteiger partial charge in [0.2, 0.25) is 10.0 Å². The lowest BCUT2D eigenvalue weighted by molar-refractivity contribution is -0.137. The van der Waals surface area contributed by atoms with Crippen molar-refractivity contribution < 1.29 is 18.3 Å². The van der Waals surface area contributed by atoms with Crippen molar-refractivity contribution in [2.24, 2.45) is 5.92 Å². The van der Waals surface area contributed by atoms with E-state index in [1.54, 1.807) is 24.3 Å². The first-order chi connectivity index (χ1) is 9.90. The van der Waals surface area contributed by atoms with Crippen molar-refractivity contribution >= 4 is 16.0 Å². The van der Waals surface area contributed by atoms with Crippen LogP contribution in [-0.4, -0.2) is 36.9 Å². The fourth-order valence-electron chi connectivity index (χ4n) is 2.44. The highest BCUT2D eigenvalue weighted by Crippen LogP contribution is 2.24. The molecule has 1 aliphatic rings. The van der Waals surface area contributed by atoms with Gasteiger partial charge >= 0.3 is 5.97 Å². The summed E-state index contributed by atoms with van der Waals surface area (Å²) in [5.41, 5.74) is 1.11. The molecule has 7 heteroatoms. The number of hydrogen-bond donors (Lipinski definition) is 1. The molecule has 1 heterocycles. The van der Waals surface area contributed by atoms with Crippen LogP contribution in [0.15, 0.2) is 24.3 Å². The maximum absolute atomic E-state index is 12.3. The van der Waals surface area contributed by atoms with E-state index in [2.05, 4.69) is 0 Å². The van der Waals surface area contributed by atoms with Gasteiger partial charge in [-0.2, -0.15) is 5.26 Å². The molecule has 1 N–H and O–H groups in total. The Bertz CT molecular complexity index is 661. The van der Waals surface area contributed by atoms with Crippen LogP contribution in [0.3, 0.4) is 0 Å². The lowest BCUT2D eigenvalue weighted by Crippen LogP contribution is -2.30. The van der Waals surface area contributed by atoms with E-state index in [4.69, 9.17) is 10.4 Å². The van der Waals surface area contributed by atoms with Gasteiger partial charge in [0.1, 0.15) is 0 Å². The monoisotopic (exact) mass is 308 g/mol. The Morgan fingerprint density at radius 3 is 2.62 bits per heavy atom. The third kappa shape index (κ3) is 4.03. The van der Waals surface area contributed by atoms with Crippen LogP contribution in [0, 0.1) is 17.2 Å². The predicted octanol–water partition coefficient (Wildman–Crippen LogP) is 1.18. The molecule has 1 unspecified atom stereocenters. The molecular formula is C14H16N2O4S. The fraction of sp³-hybridized carbons (Fsp3) is 0.429. The zero-order chi connectivity index (χ0) is 15.5. The average Bonchev–Trinajstić information content (AvgIpc) is 2.88. The smallest absolute Gasteiger partial charge is 0.303 e. The molecule has 1 aromatic rings. The van der Waals surface area contributed by atoms with Crippen molar-refractivity contribution in [2.45, 2.75) is 18.6 Å². The Balaban J connectivity index is 2.02. The van der Waals surface area contributed by atoms with Gasteiger partial charge in [0, 0.05) is 19.5 Å². The standard InChI is InChI=1S/C14H16N2O4S/c15-8-11-1-3-12(4-2-11)10-21(19,20)16-6-5-13(9-16)7-14(17)18/h1-4,13H,5-7,9-10H2,(H,17,18). The number of benzene rings is 1. The number of aliphatic carboxylic acids is 1. The normalized spacial score (nSPS) is 19.3. The molecule has 2 rings (SSSR count). The van der Waals surface area contributed by atoms with Gasteiger partial charge in [-0.15, -0.1) is 0 Å². The van der Waals surface area contributed by atoms with Gasteiger partial charge < -0.3 is 5.11 Å². The molecule has 1 atom stereocenters. The van der Waals surface area contributed by atoms with Crippen LogP contribution in [0.5, 0.6) is 0 Å². The van der Waals surface area contributed by atoms with Gasteiger partial charge in [-0.3, -0.25) is 4.79 Å². The van der Waals surface area contributed by atoms with Crippen LogP contribution >= 0.6 is 0 Å². The topological polar surface area (TPSA) is 98.5 Å². The molecule has 0 saturated carbocycles. The molecule has 0 radical (unpaired) electrons. The Labute approximate surface area is 123 Å². The van der Waals surface area contributed by atoms with Gasteiger partial charge in [0.15, 0.2) is 0 Å². The molecule has 21 heavy (non-hydrogen) atoms. The maximum Gasteiger partial charge on any atom is 0.303 e. The third-order valence-corrected chi connectivity index (χ3v) is 5.35. The molecule has 112 valence electrons. The molecule has 0 aliphatic carbocycles. The zero-order valence-electron chi connectivity index (χ0n) is 11.4. The molecule has 6 nitrogen and oxygen atoms in total. The highest BCUT2D eigenvalue weighted by Gasteiger charge is 2.32. The van der Waals surface area contributed by atoms with E-state index >= 15 is 0 Å². The van der Waals surface area contributed by atoms with Gasteiger partial charge in [-0.25, -0.2) is 12.7 Å². The van der Waals surface area contributed by atoms with Crippen molar-refractivity contribution in [1.29, 1.82) is 5.26 Å². The first kappa shape index (κ1) is 15.5. The minimum Gasteiger partial charge on any atom is -0.481 e. The van der Waals surface area contributed by atoms with E-state index in [-0.39, 0.29) is 24.6 Å². The van der Waals surface area contributed by atoms with E-state index in [1.165, 1.54) is 4.31 Å². The number of sulfonamides is 1. The van der Waals surface area contributed by atoms with Crippen LogP contribution in [0.2, 0.25) is 0 Å². The Morgan fingerprint density at radius 2 is 2.05 bits per heavy atom. The van der Waals surface area contributed by atoms with Gasteiger partial charge in [0.25, 0.3) is 0 Å². The fourth-order valence-corrected chi connectivity index (χ4v) is 4.06. The lowest BCUT2D eigenvalue weighted by atomic mass is 10.1. The number of rotatable bonds is 5. The van der Waals surface area contributed by atoms with Crippen LogP contribution in [-0.2, 0) is 20.6 Å². The molecule has 0 amide bonds.